The van der Waals surface area contributed by atoms with E-state index in [2.05, 4.69) is 20.2 Å². The predicted octanol–water partition coefficient (Wildman–Crippen LogP) is 2.69. The summed E-state index contributed by atoms with van der Waals surface area (Å²) in [5.74, 6) is -0.211. The molecule has 1 aliphatic heterocycles. The molecule has 1 amide bonds. The number of piperidine rings is 1. The van der Waals surface area contributed by atoms with Gasteiger partial charge < -0.3 is 10.2 Å². The topological polar surface area (TPSA) is 58.1 Å². The van der Waals surface area contributed by atoms with Gasteiger partial charge in [-0.25, -0.2) is 9.97 Å². The molecule has 1 aromatic heterocycles. The predicted molar refractivity (Wildman–Crippen MR) is 83.1 cm³/mol. The summed E-state index contributed by atoms with van der Waals surface area (Å²) in [4.78, 5) is 21.6. The number of nitrogens with zero attached hydrogens (tertiary/aromatic N) is 3. The minimum atomic E-state index is -4.51. The third-order valence-electron chi connectivity index (χ3n) is 3.96. The number of carbonyl (C=O) groups is 1. The fraction of sp³-hybridized carbons (Fsp3) is 0.688. The molecular weight excluding hydrogens is 321 g/mol. The van der Waals surface area contributed by atoms with Crippen LogP contribution < -0.4 is 5.32 Å². The van der Waals surface area contributed by atoms with Crippen molar-refractivity contribution >= 4 is 5.91 Å². The summed E-state index contributed by atoms with van der Waals surface area (Å²) < 4.78 is 38.1. The van der Waals surface area contributed by atoms with Crippen LogP contribution >= 0.6 is 0 Å². The number of carbonyl (C=O) groups excluding carboxylic acids is 1. The van der Waals surface area contributed by atoms with Crippen molar-refractivity contribution in [3.63, 3.8) is 0 Å². The maximum absolute atomic E-state index is 12.7. The average molecular weight is 344 g/mol. The summed E-state index contributed by atoms with van der Waals surface area (Å²) in [6.45, 7) is 4.43. The highest BCUT2D eigenvalue weighted by atomic mass is 19.4. The van der Waals surface area contributed by atoms with Crippen LogP contribution in [-0.4, -0.2) is 40.4 Å². The van der Waals surface area contributed by atoms with Gasteiger partial charge in [-0.05, 0) is 51.9 Å². The van der Waals surface area contributed by atoms with Crippen LogP contribution in [0, 0.1) is 6.92 Å². The molecule has 2 heterocycles. The lowest BCUT2D eigenvalue weighted by molar-refractivity contribution is -0.141. The van der Waals surface area contributed by atoms with Gasteiger partial charge in [0.2, 0.25) is 5.91 Å². The Morgan fingerprint density at radius 2 is 1.96 bits per heavy atom. The zero-order valence-corrected chi connectivity index (χ0v) is 13.8. The van der Waals surface area contributed by atoms with Gasteiger partial charge in [-0.1, -0.05) is 6.42 Å². The van der Waals surface area contributed by atoms with Gasteiger partial charge in [0, 0.05) is 12.1 Å². The molecule has 8 heteroatoms. The van der Waals surface area contributed by atoms with E-state index in [4.69, 9.17) is 0 Å². The fourth-order valence-electron chi connectivity index (χ4n) is 2.77. The van der Waals surface area contributed by atoms with Crippen LogP contribution in [-0.2, 0) is 17.5 Å². The van der Waals surface area contributed by atoms with Gasteiger partial charge in [0.05, 0.1) is 6.54 Å². The molecule has 5 nitrogen and oxygen atoms in total. The Hall–Kier alpha value is -1.70. The maximum atomic E-state index is 12.7. The van der Waals surface area contributed by atoms with Crippen molar-refractivity contribution in [3.8, 4) is 0 Å². The van der Waals surface area contributed by atoms with Crippen LogP contribution in [0.2, 0.25) is 0 Å². The van der Waals surface area contributed by atoms with E-state index in [1.165, 1.54) is 26.2 Å². The summed E-state index contributed by atoms with van der Waals surface area (Å²) in [5, 5.41) is 2.59. The van der Waals surface area contributed by atoms with E-state index in [0.29, 0.717) is 6.42 Å². The van der Waals surface area contributed by atoms with E-state index in [0.717, 1.165) is 32.1 Å². The summed E-state index contributed by atoms with van der Waals surface area (Å²) in [6.07, 6.45) is 0.272. The van der Waals surface area contributed by atoms with Gasteiger partial charge in [0.15, 0.2) is 0 Å². The van der Waals surface area contributed by atoms with Crippen molar-refractivity contribution in [2.45, 2.75) is 51.7 Å². The number of alkyl halides is 3. The first-order valence-corrected chi connectivity index (χ1v) is 8.25. The zero-order valence-electron chi connectivity index (χ0n) is 13.8. The molecule has 0 unspecified atom stereocenters. The second kappa shape index (κ2) is 8.41. The molecule has 1 aromatic rings. The van der Waals surface area contributed by atoms with Gasteiger partial charge in [-0.15, -0.1) is 0 Å². The van der Waals surface area contributed by atoms with Crippen molar-refractivity contribution in [3.05, 3.63) is 23.3 Å². The van der Waals surface area contributed by atoms with Crippen LogP contribution in [0.4, 0.5) is 13.2 Å². The summed E-state index contributed by atoms with van der Waals surface area (Å²) >= 11 is 0. The highest BCUT2D eigenvalue weighted by molar-refractivity contribution is 5.75. The Labute approximate surface area is 139 Å². The first kappa shape index (κ1) is 18.6. The zero-order chi connectivity index (χ0) is 17.6. The molecular formula is C16H23F3N4O. The van der Waals surface area contributed by atoms with Crippen LogP contribution in [0.1, 0.15) is 49.3 Å². The number of hydrogen-bond acceptors (Lipinski definition) is 4. The number of aryl methyl sites for hydroxylation is 1. The van der Waals surface area contributed by atoms with E-state index in [1.807, 2.05) is 0 Å². The lowest BCUT2D eigenvalue weighted by Crippen LogP contribution is -2.31. The molecule has 0 atom stereocenters. The number of hydrogen-bond donors (Lipinski definition) is 1. The van der Waals surface area contributed by atoms with Crippen LogP contribution in [0.15, 0.2) is 6.07 Å². The van der Waals surface area contributed by atoms with Gasteiger partial charge in [-0.3, -0.25) is 4.79 Å². The van der Waals surface area contributed by atoms with Crippen molar-refractivity contribution in [2.75, 3.05) is 19.6 Å². The summed E-state index contributed by atoms with van der Waals surface area (Å²) in [5.41, 5.74) is -0.754. The van der Waals surface area contributed by atoms with Gasteiger partial charge >= 0.3 is 6.18 Å². The highest BCUT2D eigenvalue weighted by Crippen LogP contribution is 2.27. The largest absolute Gasteiger partial charge is 0.433 e. The molecule has 1 fully saturated rings. The Balaban J connectivity index is 1.76. The van der Waals surface area contributed by atoms with E-state index >= 15 is 0 Å². The molecule has 0 aromatic carbocycles. The Kier molecular flexibility index (Phi) is 6.53. The Morgan fingerprint density at radius 1 is 1.25 bits per heavy atom. The smallest absolute Gasteiger partial charge is 0.349 e. The fourth-order valence-corrected chi connectivity index (χ4v) is 2.77. The second-order valence-corrected chi connectivity index (χ2v) is 6.09. The lowest BCUT2D eigenvalue weighted by Gasteiger charge is -2.26. The highest BCUT2D eigenvalue weighted by Gasteiger charge is 2.33. The number of aromatic nitrogens is 2. The molecule has 0 saturated carbocycles. The van der Waals surface area contributed by atoms with Crippen molar-refractivity contribution < 1.29 is 18.0 Å². The van der Waals surface area contributed by atoms with Crippen molar-refractivity contribution in [1.82, 2.24) is 20.2 Å². The number of halogens is 3. The monoisotopic (exact) mass is 344 g/mol. The molecule has 1 saturated heterocycles. The minimum Gasteiger partial charge on any atom is -0.349 e. The molecule has 134 valence electrons. The quantitative estimate of drug-likeness (QED) is 0.862. The summed E-state index contributed by atoms with van der Waals surface area (Å²) in [6, 6.07) is 0.893. The number of likely N-dealkylation sites (tertiary alicyclic amines) is 1. The lowest BCUT2D eigenvalue weighted by atomic mass is 10.1. The molecule has 24 heavy (non-hydrogen) atoms. The number of nitrogens with one attached hydrogen (secondary N) is 1. The van der Waals surface area contributed by atoms with E-state index in [1.54, 1.807) is 0 Å². The molecule has 0 radical (unpaired) electrons. The van der Waals surface area contributed by atoms with Gasteiger partial charge in [0.25, 0.3) is 0 Å². The van der Waals surface area contributed by atoms with E-state index in [9.17, 15) is 18.0 Å². The van der Waals surface area contributed by atoms with Gasteiger partial charge in [0.1, 0.15) is 11.5 Å². The minimum absolute atomic E-state index is 0.0216. The van der Waals surface area contributed by atoms with Crippen LogP contribution in [0.5, 0.6) is 0 Å². The number of rotatable bonds is 6. The molecule has 2 rings (SSSR count). The van der Waals surface area contributed by atoms with Crippen LogP contribution in [0.3, 0.4) is 0 Å². The standard InChI is InChI=1S/C16H23F3N4O/c1-12-10-13(16(17,18)19)22-14(21-12)11-20-15(24)6-5-9-23-7-3-2-4-8-23/h10H,2-9,11H2,1H3,(H,20,24). The Bertz CT molecular complexity index is 557. The molecule has 1 N–H and O–H groups in total. The maximum Gasteiger partial charge on any atom is 0.433 e. The van der Waals surface area contributed by atoms with Crippen molar-refractivity contribution in [1.29, 1.82) is 0 Å². The normalized spacial score (nSPS) is 16.2. The van der Waals surface area contributed by atoms with Gasteiger partial charge in [-0.2, -0.15) is 13.2 Å². The molecule has 0 bridgehead atoms. The van der Waals surface area contributed by atoms with E-state index in [-0.39, 0.29) is 24.0 Å². The first-order valence-electron chi connectivity index (χ1n) is 8.25. The average Bonchev–Trinajstić information content (AvgIpc) is 2.53. The molecule has 0 aliphatic carbocycles. The molecule has 1 aliphatic rings. The first-order chi connectivity index (χ1) is 11.3. The number of amides is 1. The second-order valence-electron chi connectivity index (χ2n) is 6.09. The third kappa shape index (κ3) is 6.07. The Morgan fingerprint density at radius 3 is 2.62 bits per heavy atom. The molecule has 0 spiro atoms. The van der Waals surface area contributed by atoms with Crippen LogP contribution in [0.25, 0.3) is 0 Å². The SMILES string of the molecule is Cc1cc(C(F)(F)F)nc(CNC(=O)CCCN2CCCCC2)n1. The summed E-state index contributed by atoms with van der Waals surface area (Å²) in [7, 11) is 0. The van der Waals surface area contributed by atoms with E-state index < -0.39 is 11.9 Å². The van der Waals surface area contributed by atoms with Crippen molar-refractivity contribution in [2.24, 2.45) is 0 Å². The third-order valence-corrected chi connectivity index (χ3v) is 3.96.